The zero-order chi connectivity index (χ0) is 25.3. The molecule has 188 valence electrons. The van der Waals surface area contributed by atoms with E-state index in [1.807, 2.05) is 0 Å². The molecule has 1 saturated heterocycles. The van der Waals surface area contributed by atoms with Crippen LogP contribution in [0.4, 0.5) is 0 Å². The van der Waals surface area contributed by atoms with E-state index in [-0.39, 0.29) is 34.0 Å². The van der Waals surface area contributed by atoms with E-state index in [9.17, 15) is 25.2 Å². The Labute approximate surface area is 199 Å². The lowest BCUT2D eigenvalue weighted by atomic mass is 9.99. The highest BCUT2D eigenvalue weighted by atomic mass is 16.7. The Kier molecular flexibility index (Phi) is 7.15. The Hall–Kier alpha value is -3.35. The third kappa shape index (κ3) is 4.40. The summed E-state index contributed by atoms with van der Waals surface area (Å²) in [5.41, 5.74) is 0.0165. The maximum absolute atomic E-state index is 13.3. The molecule has 0 bridgehead atoms. The van der Waals surface area contributed by atoms with Crippen molar-refractivity contribution >= 4 is 11.0 Å². The van der Waals surface area contributed by atoms with Gasteiger partial charge in [-0.1, -0.05) is 12.1 Å². The van der Waals surface area contributed by atoms with E-state index in [1.54, 1.807) is 24.3 Å². The van der Waals surface area contributed by atoms with E-state index in [4.69, 9.17) is 28.1 Å². The molecule has 0 radical (unpaired) electrons. The molecule has 0 unspecified atom stereocenters. The summed E-state index contributed by atoms with van der Waals surface area (Å²) in [5.74, 6) is 0.861. The number of hydrogen-bond donors (Lipinski definition) is 4. The van der Waals surface area contributed by atoms with Crippen molar-refractivity contribution in [3.8, 4) is 34.3 Å². The number of ether oxygens (including phenoxy) is 5. The van der Waals surface area contributed by atoms with E-state index in [1.165, 1.54) is 33.5 Å². The van der Waals surface area contributed by atoms with Crippen molar-refractivity contribution in [3.05, 3.63) is 46.6 Å². The first-order valence-corrected chi connectivity index (χ1v) is 10.7. The summed E-state index contributed by atoms with van der Waals surface area (Å²) in [7, 11) is 4.25. The number of methoxy groups -OCH3 is 3. The smallest absolute Gasteiger partial charge is 0.229 e. The number of para-hydroxylation sites is 1. The van der Waals surface area contributed by atoms with Gasteiger partial charge < -0.3 is 48.5 Å². The van der Waals surface area contributed by atoms with Gasteiger partial charge in [-0.2, -0.15) is 0 Å². The van der Waals surface area contributed by atoms with Crippen LogP contribution in [0.15, 0.2) is 45.6 Å². The minimum atomic E-state index is -1.68. The van der Waals surface area contributed by atoms with Crippen molar-refractivity contribution in [1.82, 2.24) is 0 Å². The highest BCUT2D eigenvalue weighted by Crippen LogP contribution is 2.43. The summed E-state index contributed by atoms with van der Waals surface area (Å²) in [6.07, 6.45) is -7.63. The van der Waals surface area contributed by atoms with Crippen LogP contribution in [0, 0.1) is 0 Å². The minimum Gasteiger partial charge on any atom is -0.496 e. The van der Waals surface area contributed by atoms with Crippen LogP contribution in [0.2, 0.25) is 0 Å². The molecule has 3 aromatic rings. The highest BCUT2D eigenvalue weighted by molar-refractivity contribution is 5.92. The average Bonchev–Trinajstić information content (AvgIpc) is 2.88. The third-order valence-electron chi connectivity index (χ3n) is 5.77. The highest BCUT2D eigenvalue weighted by Gasteiger charge is 2.45. The fraction of sp³-hybridized carbons (Fsp3) is 0.375. The summed E-state index contributed by atoms with van der Waals surface area (Å²) in [6, 6.07) is 9.58. The third-order valence-corrected chi connectivity index (χ3v) is 5.77. The standard InChI is InChI=1S/C24H26O11/c1-30-13-7-5-4-6-11(13)14-8-12(26)18-15(9-16(31-2)22(32-3)23(18)33-14)34-24-21(29)20(28)19(27)17(10-25)35-24/h4-9,17,19-21,24-25,27-29H,10H2,1-3H3/t17-,19-,20+,21-,24-/m1/s1. The maximum Gasteiger partial charge on any atom is 0.229 e. The number of hydrogen-bond acceptors (Lipinski definition) is 11. The molecule has 5 atom stereocenters. The van der Waals surface area contributed by atoms with Crippen LogP contribution in [-0.4, -0.2) is 79.1 Å². The van der Waals surface area contributed by atoms with Gasteiger partial charge in [-0.05, 0) is 12.1 Å². The van der Waals surface area contributed by atoms with Gasteiger partial charge in [0, 0.05) is 12.1 Å². The molecule has 11 heteroatoms. The van der Waals surface area contributed by atoms with Crippen LogP contribution >= 0.6 is 0 Å². The van der Waals surface area contributed by atoms with Crippen molar-refractivity contribution < 1.29 is 48.5 Å². The van der Waals surface area contributed by atoms with Gasteiger partial charge >= 0.3 is 0 Å². The number of benzene rings is 2. The zero-order valence-corrected chi connectivity index (χ0v) is 19.2. The first-order valence-electron chi connectivity index (χ1n) is 10.7. The van der Waals surface area contributed by atoms with E-state index >= 15 is 0 Å². The molecular formula is C24H26O11. The Balaban J connectivity index is 1.88. The monoisotopic (exact) mass is 490 g/mol. The summed E-state index contributed by atoms with van der Waals surface area (Å²) >= 11 is 0. The molecule has 0 saturated carbocycles. The second-order valence-electron chi connectivity index (χ2n) is 7.80. The van der Waals surface area contributed by atoms with E-state index in [0.717, 1.165) is 0 Å². The van der Waals surface area contributed by atoms with Crippen LogP contribution in [0.3, 0.4) is 0 Å². The first-order chi connectivity index (χ1) is 16.8. The van der Waals surface area contributed by atoms with Gasteiger partial charge in [-0.15, -0.1) is 0 Å². The first kappa shape index (κ1) is 24.8. The molecule has 1 aliphatic rings. The van der Waals surface area contributed by atoms with Gasteiger partial charge in [0.15, 0.2) is 16.8 Å². The second-order valence-corrected chi connectivity index (χ2v) is 7.80. The Morgan fingerprint density at radius 1 is 0.886 bits per heavy atom. The SMILES string of the molecule is COc1ccccc1-c1cc(=O)c2c(O[C@@H]3O[C@H](CO)[C@@H](O)[C@H](O)[C@H]3O)cc(OC)c(OC)c2o1. The summed E-state index contributed by atoms with van der Waals surface area (Å²) in [6.45, 7) is -0.637. The molecule has 2 heterocycles. The number of aliphatic hydroxyl groups is 4. The predicted octanol–water partition coefficient (Wildman–Crippen LogP) is 0.664. The quantitative estimate of drug-likeness (QED) is 0.369. The van der Waals surface area contributed by atoms with Crippen molar-refractivity contribution in [3.63, 3.8) is 0 Å². The average molecular weight is 490 g/mol. The zero-order valence-electron chi connectivity index (χ0n) is 19.2. The molecule has 35 heavy (non-hydrogen) atoms. The van der Waals surface area contributed by atoms with Gasteiger partial charge in [-0.3, -0.25) is 4.79 Å². The van der Waals surface area contributed by atoms with Crippen molar-refractivity contribution in [1.29, 1.82) is 0 Å². The van der Waals surface area contributed by atoms with E-state index in [2.05, 4.69) is 0 Å². The van der Waals surface area contributed by atoms with Gasteiger partial charge in [0.1, 0.15) is 47.1 Å². The van der Waals surface area contributed by atoms with Crippen molar-refractivity contribution in [2.75, 3.05) is 27.9 Å². The van der Waals surface area contributed by atoms with Crippen molar-refractivity contribution in [2.45, 2.75) is 30.7 Å². The lowest BCUT2D eigenvalue weighted by Crippen LogP contribution is -2.60. The summed E-state index contributed by atoms with van der Waals surface area (Å²) < 4.78 is 33.5. The van der Waals surface area contributed by atoms with E-state index in [0.29, 0.717) is 11.3 Å². The Morgan fingerprint density at radius 3 is 2.26 bits per heavy atom. The topological polar surface area (TPSA) is 157 Å². The molecular weight excluding hydrogens is 464 g/mol. The van der Waals surface area contributed by atoms with Gasteiger partial charge in [0.05, 0.1) is 33.5 Å². The van der Waals surface area contributed by atoms with Crippen LogP contribution in [0.5, 0.6) is 23.0 Å². The second kappa shape index (κ2) is 10.1. The Morgan fingerprint density at radius 2 is 1.60 bits per heavy atom. The largest absolute Gasteiger partial charge is 0.496 e. The molecule has 0 spiro atoms. The number of aliphatic hydroxyl groups excluding tert-OH is 4. The molecule has 2 aromatic carbocycles. The Bertz CT molecular complexity index is 1250. The van der Waals surface area contributed by atoms with E-state index < -0.39 is 42.7 Å². The maximum atomic E-state index is 13.3. The predicted molar refractivity (Wildman–Crippen MR) is 122 cm³/mol. The number of fused-ring (bicyclic) bond motifs is 1. The fourth-order valence-corrected chi connectivity index (χ4v) is 3.96. The van der Waals surface area contributed by atoms with Gasteiger partial charge in [0.25, 0.3) is 0 Å². The summed E-state index contributed by atoms with van der Waals surface area (Å²) in [5, 5.41) is 39.9. The molecule has 1 aromatic heterocycles. The summed E-state index contributed by atoms with van der Waals surface area (Å²) in [4.78, 5) is 13.3. The molecule has 4 rings (SSSR count). The van der Waals surface area contributed by atoms with Crippen LogP contribution in [-0.2, 0) is 4.74 Å². The fourth-order valence-electron chi connectivity index (χ4n) is 3.96. The van der Waals surface area contributed by atoms with Crippen molar-refractivity contribution in [2.24, 2.45) is 0 Å². The molecule has 0 amide bonds. The normalized spacial score (nSPS) is 24.3. The minimum absolute atomic E-state index is 0.000142. The van der Waals surface area contributed by atoms with Gasteiger partial charge in [-0.25, -0.2) is 0 Å². The molecule has 0 aliphatic carbocycles. The lowest BCUT2D eigenvalue weighted by Gasteiger charge is -2.39. The molecule has 1 fully saturated rings. The molecule has 11 nitrogen and oxygen atoms in total. The van der Waals surface area contributed by atoms with Crippen LogP contribution < -0.4 is 24.4 Å². The number of rotatable bonds is 7. The lowest BCUT2D eigenvalue weighted by molar-refractivity contribution is -0.277. The molecule has 1 aliphatic heterocycles. The van der Waals surface area contributed by atoms with Gasteiger partial charge in [0.2, 0.25) is 12.0 Å². The molecule has 4 N–H and O–H groups in total. The van der Waals surface area contributed by atoms with Crippen LogP contribution in [0.25, 0.3) is 22.3 Å². The van der Waals surface area contributed by atoms with Crippen LogP contribution in [0.1, 0.15) is 0 Å².